The van der Waals surface area contributed by atoms with Gasteiger partial charge in [0.2, 0.25) is 0 Å². The van der Waals surface area contributed by atoms with Crippen molar-refractivity contribution in [3.63, 3.8) is 0 Å². The van der Waals surface area contributed by atoms with E-state index in [0.717, 1.165) is 31.2 Å². The molecule has 110 valence electrons. The van der Waals surface area contributed by atoms with Gasteiger partial charge in [0, 0.05) is 17.3 Å². The molecule has 0 aromatic carbocycles. The number of imidazole rings is 1. The van der Waals surface area contributed by atoms with Crippen LogP contribution >= 0.6 is 11.3 Å². The third-order valence-electron chi connectivity index (χ3n) is 3.52. The van der Waals surface area contributed by atoms with Crippen LogP contribution < -0.4 is 5.32 Å². The van der Waals surface area contributed by atoms with Gasteiger partial charge in [-0.2, -0.15) is 0 Å². The molecule has 0 atom stereocenters. The van der Waals surface area contributed by atoms with Gasteiger partial charge in [0.25, 0.3) is 0 Å². The Morgan fingerprint density at radius 3 is 2.90 bits per heavy atom. The minimum Gasteiger partial charge on any atom is -0.465 e. The normalized spacial score (nSPS) is 13.6. The molecule has 0 unspecified atom stereocenters. The van der Waals surface area contributed by atoms with Gasteiger partial charge in [-0.3, -0.25) is 9.88 Å². The topological polar surface area (TPSA) is 73.2 Å². The number of hydrogen-bond donors (Lipinski definition) is 1. The smallest absolute Gasteiger partial charge is 0.341 e. The molecule has 6 nitrogen and oxygen atoms in total. The second-order valence-corrected chi connectivity index (χ2v) is 5.91. The van der Waals surface area contributed by atoms with Crippen molar-refractivity contribution in [2.24, 2.45) is 0 Å². The first-order valence-corrected chi connectivity index (χ1v) is 7.54. The van der Waals surface area contributed by atoms with Gasteiger partial charge in [-0.25, -0.2) is 14.6 Å². The van der Waals surface area contributed by atoms with E-state index in [1.807, 2.05) is 0 Å². The maximum atomic E-state index is 12.1. The van der Waals surface area contributed by atoms with E-state index in [0.29, 0.717) is 10.6 Å². The zero-order valence-corrected chi connectivity index (χ0v) is 12.4. The summed E-state index contributed by atoms with van der Waals surface area (Å²) >= 11 is 1.46. The Balaban J connectivity index is 1.95. The summed E-state index contributed by atoms with van der Waals surface area (Å²) in [6.07, 6.45) is 8.48. The summed E-state index contributed by atoms with van der Waals surface area (Å²) in [6.45, 7) is 0. The molecule has 0 bridgehead atoms. The predicted octanol–water partition coefficient (Wildman–Crippen LogP) is 2.69. The maximum Gasteiger partial charge on any atom is 0.341 e. The molecule has 3 rings (SSSR count). The highest BCUT2D eigenvalue weighted by Crippen LogP contribution is 2.38. The average Bonchev–Trinajstić information content (AvgIpc) is 3.13. The minimum absolute atomic E-state index is 0.337. The number of methoxy groups -OCH3 is 1. The zero-order chi connectivity index (χ0) is 14.8. The van der Waals surface area contributed by atoms with Crippen molar-refractivity contribution in [2.75, 3.05) is 12.4 Å². The van der Waals surface area contributed by atoms with Gasteiger partial charge >= 0.3 is 12.0 Å². The highest BCUT2D eigenvalue weighted by Gasteiger charge is 2.27. The molecule has 1 N–H and O–H groups in total. The lowest BCUT2D eigenvalue weighted by molar-refractivity contribution is 0.0601. The number of thiophene rings is 1. The monoisotopic (exact) mass is 305 g/mol. The lowest BCUT2D eigenvalue weighted by Gasteiger charge is -2.11. The summed E-state index contributed by atoms with van der Waals surface area (Å²) in [4.78, 5) is 29.2. The lowest BCUT2D eigenvalue weighted by Crippen LogP contribution is -2.19. The summed E-state index contributed by atoms with van der Waals surface area (Å²) in [7, 11) is 1.36. The summed E-state index contributed by atoms with van der Waals surface area (Å²) in [5, 5.41) is 3.35. The van der Waals surface area contributed by atoms with Crippen LogP contribution in [-0.2, 0) is 17.6 Å². The summed E-state index contributed by atoms with van der Waals surface area (Å²) < 4.78 is 6.20. The Morgan fingerprint density at radius 1 is 1.38 bits per heavy atom. The van der Waals surface area contributed by atoms with Gasteiger partial charge in [0.05, 0.1) is 12.7 Å². The fourth-order valence-corrected chi connectivity index (χ4v) is 3.78. The van der Waals surface area contributed by atoms with Crippen LogP contribution in [0.2, 0.25) is 0 Å². The van der Waals surface area contributed by atoms with E-state index in [1.54, 1.807) is 6.20 Å². The number of hydrogen-bond acceptors (Lipinski definition) is 5. The van der Waals surface area contributed by atoms with Crippen molar-refractivity contribution in [1.29, 1.82) is 0 Å². The number of aryl methyl sites for hydroxylation is 1. The van der Waals surface area contributed by atoms with E-state index >= 15 is 0 Å². The molecule has 0 radical (unpaired) electrons. The first kappa shape index (κ1) is 13.8. The van der Waals surface area contributed by atoms with Crippen molar-refractivity contribution in [3.8, 4) is 0 Å². The molecule has 0 fully saturated rings. The third kappa shape index (κ3) is 2.56. The molecule has 0 spiro atoms. The lowest BCUT2D eigenvalue weighted by atomic mass is 9.95. The van der Waals surface area contributed by atoms with Crippen LogP contribution in [0.5, 0.6) is 0 Å². The van der Waals surface area contributed by atoms with E-state index in [4.69, 9.17) is 4.74 Å². The van der Waals surface area contributed by atoms with Crippen molar-refractivity contribution in [1.82, 2.24) is 9.55 Å². The van der Waals surface area contributed by atoms with E-state index in [2.05, 4.69) is 10.3 Å². The number of aromatic nitrogens is 2. The van der Waals surface area contributed by atoms with E-state index < -0.39 is 5.97 Å². The molecule has 21 heavy (non-hydrogen) atoms. The number of nitrogens with one attached hydrogen (secondary N) is 1. The second-order valence-electron chi connectivity index (χ2n) is 4.81. The van der Waals surface area contributed by atoms with E-state index in [1.165, 1.54) is 40.4 Å². The van der Waals surface area contributed by atoms with E-state index in [9.17, 15) is 9.59 Å². The van der Waals surface area contributed by atoms with Crippen LogP contribution in [0.15, 0.2) is 18.7 Å². The average molecular weight is 305 g/mol. The fourth-order valence-electron chi connectivity index (χ4n) is 2.51. The number of esters is 1. The minimum atomic E-state index is -0.393. The molecule has 0 saturated heterocycles. The number of fused-ring (bicyclic) bond motifs is 1. The number of anilines is 1. The van der Waals surface area contributed by atoms with Crippen LogP contribution in [0.1, 0.15) is 33.6 Å². The van der Waals surface area contributed by atoms with Gasteiger partial charge in [-0.1, -0.05) is 0 Å². The number of amides is 1. The Bertz CT molecular complexity index is 676. The number of carbonyl (C=O) groups excluding carboxylic acids is 2. The van der Waals surface area contributed by atoms with Crippen LogP contribution in [-0.4, -0.2) is 28.7 Å². The molecule has 7 heteroatoms. The van der Waals surface area contributed by atoms with Crippen molar-refractivity contribution in [3.05, 3.63) is 34.7 Å². The Labute approximate surface area is 125 Å². The molecule has 2 aromatic rings. The molecule has 0 aliphatic heterocycles. The summed E-state index contributed by atoms with van der Waals surface area (Å²) in [5.74, 6) is -0.393. The summed E-state index contributed by atoms with van der Waals surface area (Å²) in [5.41, 5.74) is 1.53. The maximum absolute atomic E-state index is 12.1. The van der Waals surface area contributed by atoms with Gasteiger partial charge in [0.15, 0.2) is 0 Å². The second kappa shape index (κ2) is 5.69. The molecule has 1 aliphatic rings. The van der Waals surface area contributed by atoms with Crippen LogP contribution in [0.4, 0.5) is 9.80 Å². The standard InChI is InChI=1S/C14H15N3O3S/c1-20-13(18)11-9-4-2-3-5-10(9)21-12(11)16-14(19)17-7-6-15-8-17/h6-8H,2-5H2,1H3,(H,16,19). The summed E-state index contributed by atoms with van der Waals surface area (Å²) in [6, 6.07) is -0.337. The predicted molar refractivity (Wildman–Crippen MR) is 78.9 cm³/mol. The SMILES string of the molecule is COC(=O)c1c(NC(=O)n2ccnc2)sc2c1CCCC2. The number of ether oxygens (including phenoxy) is 1. The van der Waals surface area contributed by atoms with Crippen molar-refractivity contribution < 1.29 is 14.3 Å². The molecule has 1 aliphatic carbocycles. The van der Waals surface area contributed by atoms with Gasteiger partial charge in [-0.05, 0) is 31.2 Å². The largest absolute Gasteiger partial charge is 0.465 e. The van der Waals surface area contributed by atoms with E-state index in [-0.39, 0.29) is 6.03 Å². The Hall–Kier alpha value is -2.15. The van der Waals surface area contributed by atoms with Crippen LogP contribution in [0.3, 0.4) is 0 Å². The highest BCUT2D eigenvalue weighted by molar-refractivity contribution is 7.17. The Kier molecular flexibility index (Phi) is 3.74. The van der Waals surface area contributed by atoms with Crippen LogP contribution in [0.25, 0.3) is 0 Å². The van der Waals surface area contributed by atoms with Gasteiger partial charge in [-0.15, -0.1) is 11.3 Å². The molecular weight excluding hydrogens is 290 g/mol. The Morgan fingerprint density at radius 2 is 2.19 bits per heavy atom. The molecule has 0 saturated carbocycles. The number of rotatable bonds is 2. The number of nitrogens with zero attached hydrogens (tertiary/aromatic N) is 2. The van der Waals surface area contributed by atoms with Gasteiger partial charge < -0.3 is 4.74 Å². The first-order chi connectivity index (χ1) is 10.2. The zero-order valence-electron chi connectivity index (χ0n) is 11.6. The van der Waals surface area contributed by atoms with Crippen molar-refractivity contribution >= 4 is 28.3 Å². The third-order valence-corrected chi connectivity index (χ3v) is 4.73. The highest BCUT2D eigenvalue weighted by atomic mass is 32.1. The number of carbonyl (C=O) groups is 2. The fraction of sp³-hybridized carbons (Fsp3) is 0.357. The molecule has 1 amide bonds. The van der Waals surface area contributed by atoms with Crippen molar-refractivity contribution in [2.45, 2.75) is 25.7 Å². The van der Waals surface area contributed by atoms with Gasteiger partial charge in [0.1, 0.15) is 11.3 Å². The molecule has 2 heterocycles. The quantitative estimate of drug-likeness (QED) is 0.866. The molecular formula is C14H15N3O3S. The molecule has 2 aromatic heterocycles. The van der Waals surface area contributed by atoms with Crippen LogP contribution in [0, 0.1) is 0 Å². The first-order valence-electron chi connectivity index (χ1n) is 6.73.